The molecule has 1 heterocycles. The van der Waals surface area contributed by atoms with Crippen LogP contribution in [0, 0.1) is 11.3 Å². The molecule has 0 radical (unpaired) electrons. The normalized spacial score (nSPS) is 16.6. The maximum absolute atomic E-state index is 9.25. The molecule has 0 saturated heterocycles. The van der Waals surface area contributed by atoms with E-state index in [1.54, 1.807) is 0 Å². The number of nitriles is 1. The van der Waals surface area contributed by atoms with Crippen LogP contribution in [0.1, 0.15) is 24.5 Å². The van der Waals surface area contributed by atoms with Crippen molar-refractivity contribution >= 4 is 18.8 Å². The van der Waals surface area contributed by atoms with Gasteiger partial charge in [-0.15, -0.1) is 0 Å². The van der Waals surface area contributed by atoms with E-state index in [2.05, 4.69) is 38.7 Å². The molecule has 0 fully saturated rings. The summed E-state index contributed by atoms with van der Waals surface area (Å²) in [6.45, 7) is 10.9. The Bertz CT molecular complexity index is 559. The molecule has 1 aromatic carbocycles. The van der Waals surface area contributed by atoms with Gasteiger partial charge in [-0.3, -0.25) is 0 Å². The molecule has 1 aromatic rings. The molecule has 0 N–H and O–H groups in total. The molecule has 1 aliphatic heterocycles. The minimum absolute atomic E-state index is 0.793. The van der Waals surface area contributed by atoms with Crippen molar-refractivity contribution < 1.29 is 0 Å². The quantitative estimate of drug-likeness (QED) is 0.726. The first-order valence-corrected chi connectivity index (χ1v) is 8.98. The van der Waals surface area contributed by atoms with E-state index in [4.69, 9.17) is 0 Å². The number of fused-ring (bicyclic) bond motifs is 1. The summed E-state index contributed by atoms with van der Waals surface area (Å²) in [7, 11) is -1.56. The zero-order valence-electron chi connectivity index (χ0n) is 10.7. The lowest BCUT2D eigenvalue weighted by atomic mass is 10.00. The smallest absolute Gasteiger partial charge is 0.109 e. The zero-order valence-corrected chi connectivity index (χ0v) is 11.7. The van der Waals surface area contributed by atoms with Gasteiger partial charge in [0.2, 0.25) is 0 Å². The second-order valence-electron chi connectivity index (χ2n) is 4.91. The fourth-order valence-electron chi connectivity index (χ4n) is 2.96. The number of hydrogen-bond acceptors (Lipinski definition) is 1. The molecule has 0 atom stereocenters. The van der Waals surface area contributed by atoms with Crippen molar-refractivity contribution in [2.24, 2.45) is 0 Å². The summed E-state index contributed by atoms with van der Waals surface area (Å²) in [4.78, 5) is 0. The van der Waals surface area contributed by atoms with Crippen molar-refractivity contribution in [3.8, 4) is 6.07 Å². The van der Waals surface area contributed by atoms with E-state index < -0.39 is 8.07 Å². The zero-order chi connectivity index (χ0) is 12.6. The van der Waals surface area contributed by atoms with Crippen LogP contribution in [0.2, 0.25) is 13.1 Å². The molecule has 1 nitrogen and oxygen atoms in total. The van der Waals surface area contributed by atoms with Crippen molar-refractivity contribution in [1.29, 1.82) is 5.26 Å². The summed E-state index contributed by atoms with van der Waals surface area (Å²) in [6.07, 6.45) is 2.99. The third kappa shape index (κ3) is 1.50. The molecular weight excluding hydrogens is 222 g/mol. The van der Waals surface area contributed by atoms with Crippen LogP contribution >= 0.6 is 0 Å². The van der Waals surface area contributed by atoms with Gasteiger partial charge in [0.25, 0.3) is 0 Å². The Morgan fingerprint density at radius 3 is 2.65 bits per heavy atom. The lowest BCUT2D eigenvalue weighted by molar-refractivity contribution is 1.18. The first kappa shape index (κ1) is 11.9. The van der Waals surface area contributed by atoms with Crippen LogP contribution in [0.5, 0.6) is 0 Å². The van der Waals surface area contributed by atoms with Crippen molar-refractivity contribution in [2.45, 2.75) is 26.4 Å². The van der Waals surface area contributed by atoms with Gasteiger partial charge in [-0.1, -0.05) is 50.0 Å². The highest BCUT2D eigenvalue weighted by atomic mass is 28.3. The minimum Gasteiger partial charge on any atom is -0.192 e. The van der Waals surface area contributed by atoms with E-state index in [1.165, 1.54) is 16.0 Å². The van der Waals surface area contributed by atoms with Gasteiger partial charge in [0.05, 0.1) is 11.6 Å². The van der Waals surface area contributed by atoms with E-state index in [0.717, 1.165) is 17.5 Å². The monoisotopic (exact) mass is 239 g/mol. The third-order valence-electron chi connectivity index (χ3n) is 3.76. The molecule has 0 unspecified atom stereocenters. The third-order valence-corrected chi connectivity index (χ3v) is 7.66. The molecule has 0 amide bonds. The number of benzene rings is 1. The second-order valence-corrected chi connectivity index (χ2v) is 9.31. The predicted molar refractivity (Wildman–Crippen MR) is 75.7 cm³/mol. The molecular formula is C15H17NSi. The van der Waals surface area contributed by atoms with Crippen molar-refractivity contribution in [3.05, 3.63) is 47.2 Å². The van der Waals surface area contributed by atoms with Gasteiger partial charge in [-0.25, -0.2) is 0 Å². The molecule has 1 aliphatic rings. The lowest BCUT2D eigenvalue weighted by Gasteiger charge is -2.21. The van der Waals surface area contributed by atoms with Gasteiger partial charge in [-0.2, -0.15) is 5.26 Å². The fraction of sp³-hybridized carbons (Fsp3) is 0.267. The largest absolute Gasteiger partial charge is 0.192 e. The maximum atomic E-state index is 9.25. The number of allylic oxidation sites excluding steroid dienone is 3. The van der Waals surface area contributed by atoms with E-state index in [1.807, 2.05) is 18.2 Å². The highest BCUT2D eigenvalue weighted by Crippen LogP contribution is 2.37. The summed E-state index contributed by atoms with van der Waals surface area (Å²) in [6, 6.07) is 8.42. The van der Waals surface area contributed by atoms with E-state index >= 15 is 0 Å². The topological polar surface area (TPSA) is 23.8 Å². The van der Waals surface area contributed by atoms with Crippen LogP contribution in [-0.4, -0.2) is 8.07 Å². The van der Waals surface area contributed by atoms with Crippen LogP contribution in [0.4, 0.5) is 0 Å². The van der Waals surface area contributed by atoms with Crippen LogP contribution in [-0.2, 0) is 0 Å². The van der Waals surface area contributed by atoms with Crippen molar-refractivity contribution in [1.82, 2.24) is 0 Å². The van der Waals surface area contributed by atoms with Crippen LogP contribution in [0.3, 0.4) is 0 Å². The Morgan fingerprint density at radius 2 is 2.12 bits per heavy atom. The minimum atomic E-state index is -1.56. The van der Waals surface area contributed by atoms with Gasteiger partial charge in [0.1, 0.15) is 8.07 Å². The van der Waals surface area contributed by atoms with E-state index in [0.29, 0.717) is 0 Å². The summed E-state index contributed by atoms with van der Waals surface area (Å²) in [5.74, 6) is 0. The lowest BCUT2D eigenvalue weighted by Crippen LogP contribution is -2.41. The Hall–Kier alpha value is -1.59. The first-order chi connectivity index (χ1) is 8.07. The summed E-state index contributed by atoms with van der Waals surface area (Å²) in [5.41, 5.74) is 3.16. The molecule has 0 bridgehead atoms. The molecule has 2 rings (SSSR count). The molecule has 86 valence electrons. The summed E-state index contributed by atoms with van der Waals surface area (Å²) < 4.78 is 0. The molecule has 0 spiro atoms. The molecule has 2 heteroatoms. The highest BCUT2D eigenvalue weighted by molar-refractivity contribution is 6.98. The Balaban J connectivity index is 2.85. The van der Waals surface area contributed by atoms with Gasteiger partial charge in [-0.05, 0) is 28.8 Å². The summed E-state index contributed by atoms with van der Waals surface area (Å²) in [5, 5.41) is 12.2. The van der Waals surface area contributed by atoms with E-state index in [-0.39, 0.29) is 0 Å². The van der Waals surface area contributed by atoms with Crippen LogP contribution in [0.15, 0.2) is 36.1 Å². The van der Waals surface area contributed by atoms with Gasteiger partial charge in [0.15, 0.2) is 0 Å². The number of rotatable bonds is 2. The molecule has 17 heavy (non-hydrogen) atoms. The number of nitrogens with zero attached hydrogens (tertiary/aromatic N) is 1. The number of hydrogen-bond donors (Lipinski definition) is 0. The van der Waals surface area contributed by atoms with Gasteiger partial charge < -0.3 is 0 Å². The average molecular weight is 239 g/mol. The average Bonchev–Trinajstić information content (AvgIpc) is 2.56. The second kappa shape index (κ2) is 4.01. The summed E-state index contributed by atoms with van der Waals surface area (Å²) >= 11 is 0. The van der Waals surface area contributed by atoms with Gasteiger partial charge in [0, 0.05) is 0 Å². The van der Waals surface area contributed by atoms with Crippen LogP contribution in [0.25, 0.3) is 5.57 Å². The standard InChI is InChI=1S/C15H17NSi/c1-5-12-13(6-2)17(3,4)14-9-7-8-11(10-16)15(12)14/h5,7-9H,1,6H2,2-4H3. The van der Waals surface area contributed by atoms with Crippen LogP contribution < -0.4 is 5.19 Å². The van der Waals surface area contributed by atoms with Crippen molar-refractivity contribution in [3.63, 3.8) is 0 Å². The first-order valence-electron chi connectivity index (χ1n) is 5.98. The highest BCUT2D eigenvalue weighted by Gasteiger charge is 2.38. The predicted octanol–water partition coefficient (Wildman–Crippen LogP) is 3.38. The Kier molecular flexibility index (Phi) is 2.80. The molecule has 0 saturated carbocycles. The SMILES string of the molecule is C=CC1=C(CC)[Si](C)(C)c2cccc(C#N)c21. The maximum Gasteiger partial charge on any atom is 0.109 e. The van der Waals surface area contributed by atoms with Gasteiger partial charge >= 0.3 is 0 Å². The fourth-order valence-corrected chi connectivity index (χ4v) is 6.48. The Morgan fingerprint density at radius 1 is 1.41 bits per heavy atom. The Labute approximate surface area is 104 Å². The molecule has 0 aliphatic carbocycles. The van der Waals surface area contributed by atoms with Crippen molar-refractivity contribution in [2.75, 3.05) is 0 Å². The van der Waals surface area contributed by atoms with E-state index in [9.17, 15) is 5.26 Å². The molecule has 0 aromatic heterocycles.